The number of hydrogen-bond donors (Lipinski definition) is 1. The van der Waals surface area contributed by atoms with Crippen molar-refractivity contribution in [2.24, 2.45) is 0 Å². The van der Waals surface area contributed by atoms with Gasteiger partial charge in [0.1, 0.15) is 11.3 Å². The molecular weight excluding hydrogens is 236 g/mol. The Labute approximate surface area is 96.0 Å². The largest absolute Gasteiger partial charge is 0.505 e. The zero-order valence-corrected chi connectivity index (χ0v) is 9.24. The molecule has 0 saturated heterocycles. The summed E-state index contributed by atoms with van der Waals surface area (Å²) in [6.07, 6.45) is -2.05. The van der Waals surface area contributed by atoms with Gasteiger partial charge in [0.25, 0.3) is 6.43 Å². The summed E-state index contributed by atoms with van der Waals surface area (Å²) in [4.78, 5) is 14.8. The van der Waals surface area contributed by atoms with E-state index in [4.69, 9.17) is 4.74 Å². The van der Waals surface area contributed by atoms with Crippen molar-refractivity contribution >= 4 is 5.97 Å². The molecule has 17 heavy (non-hydrogen) atoms. The molecule has 1 aromatic heterocycles. The van der Waals surface area contributed by atoms with Crippen molar-refractivity contribution < 1.29 is 28.2 Å². The van der Waals surface area contributed by atoms with Gasteiger partial charge in [0.05, 0.1) is 19.9 Å². The number of rotatable bonds is 4. The van der Waals surface area contributed by atoms with Gasteiger partial charge in [-0.2, -0.15) is 0 Å². The zero-order chi connectivity index (χ0) is 13.0. The van der Waals surface area contributed by atoms with Crippen molar-refractivity contribution in [1.82, 2.24) is 4.98 Å². The van der Waals surface area contributed by atoms with Gasteiger partial charge in [0.2, 0.25) is 0 Å². The van der Waals surface area contributed by atoms with Crippen LogP contribution in [0.2, 0.25) is 0 Å². The van der Waals surface area contributed by atoms with Crippen LogP contribution in [0, 0.1) is 0 Å². The van der Waals surface area contributed by atoms with Gasteiger partial charge >= 0.3 is 5.97 Å². The summed E-state index contributed by atoms with van der Waals surface area (Å²) < 4.78 is 34.3. The van der Waals surface area contributed by atoms with E-state index in [0.29, 0.717) is 0 Å². The van der Waals surface area contributed by atoms with E-state index in [0.717, 1.165) is 6.20 Å². The summed E-state index contributed by atoms with van der Waals surface area (Å²) in [7, 11) is 1.22. The molecule has 0 amide bonds. The standard InChI is InChI=1S/C10H11F2NO4/c1-3-17-10(15)6-5(16-2)4-13-7(8(6)14)9(11)12/h4,9,14H,3H2,1-2H3. The summed E-state index contributed by atoms with van der Waals surface area (Å²) >= 11 is 0. The van der Waals surface area contributed by atoms with Gasteiger partial charge < -0.3 is 14.6 Å². The van der Waals surface area contributed by atoms with Crippen LogP contribution in [0.4, 0.5) is 8.78 Å². The maximum absolute atomic E-state index is 12.5. The van der Waals surface area contributed by atoms with Crippen LogP contribution in [0.3, 0.4) is 0 Å². The quantitative estimate of drug-likeness (QED) is 0.823. The van der Waals surface area contributed by atoms with Gasteiger partial charge in [-0.1, -0.05) is 0 Å². The number of aromatic hydroxyl groups is 1. The van der Waals surface area contributed by atoms with Crippen molar-refractivity contribution in [3.05, 3.63) is 17.5 Å². The maximum atomic E-state index is 12.5. The predicted molar refractivity (Wildman–Crippen MR) is 53.4 cm³/mol. The number of alkyl halides is 2. The average molecular weight is 247 g/mol. The molecule has 5 nitrogen and oxygen atoms in total. The number of aromatic nitrogens is 1. The molecule has 0 radical (unpaired) electrons. The van der Waals surface area contributed by atoms with Crippen LogP contribution >= 0.6 is 0 Å². The van der Waals surface area contributed by atoms with Crippen LogP contribution < -0.4 is 4.74 Å². The van der Waals surface area contributed by atoms with E-state index < -0.39 is 29.4 Å². The van der Waals surface area contributed by atoms with Crippen LogP contribution in [0.15, 0.2) is 6.20 Å². The molecule has 0 unspecified atom stereocenters. The first-order valence-electron chi connectivity index (χ1n) is 4.74. The molecule has 0 aliphatic heterocycles. The lowest BCUT2D eigenvalue weighted by Crippen LogP contribution is -2.09. The van der Waals surface area contributed by atoms with Crippen molar-refractivity contribution in [2.75, 3.05) is 13.7 Å². The Morgan fingerprint density at radius 3 is 2.71 bits per heavy atom. The average Bonchev–Trinajstić information content (AvgIpc) is 2.27. The molecule has 1 rings (SSSR count). The Morgan fingerprint density at radius 1 is 1.59 bits per heavy atom. The zero-order valence-electron chi connectivity index (χ0n) is 9.24. The summed E-state index contributed by atoms with van der Waals surface area (Å²) in [6.45, 7) is 1.60. The van der Waals surface area contributed by atoms with E-state index in [2.05, 4.69) is 9.72 Å². The lowest BCUT2D eigenvalue weighted by atomic mass is 10.2. The maximum Gasteiger partial charge on any atom is 0.345 e. The molecule has 0 atom stereocenters. The number of hydrogen-bond acceptors (Lipinski definition) is 5. The van der Waals surface area contributed by atoms with Crippen LogP contribution in [-0.2, 0) is 4.74 Å². The molecule has 1 N–H and O–H groups in total. The normalized spacial score (nSPS) is 10.4. The van der Waals surface area contributed by atoms with Gasteiger partial charge in [0, 0.05) is 0 Å². The molecule has 1 aromatic rings. The smallest absolute Gasteiger partial charge is 0.345 e. The minimum absolute atomic E-state index is 0.0494. The van der Waals surface area contributed by atoms with E-state index in [-0.39, 0.29) is 12.4 Å². The third kappa shape index (κ3) is 2.61. The number of ether oxygens (including phenoxy) is 2. The highest BCUT2D eigenvalue weighted by Gasteiger charge is 2.26. The Kier molecular flexibility index (Phi) is 4.19. The van der Waals surface area contributed by atoms with Crippen LogP contribution in [-0.4, -0.2) is 29.8 Å². The fourth-order valence-electron chi connectivity index (χ4n) is 1.21. The Hall–Kier alpha value is -1.92. The number of carbonyl (C=O) groups excluding carboxylic acids is 1. The first kappa shape index (κ1) is 13.1. The predicted octanol–water partition coefficient (Wildman–Crippen LogP) is 1.91. The molecule has 0 aromatic carbocycles. The summed E-state index contributed by atoms with van der Waals surface area (Å²) in [6, 6.07) is 0. The second kappa shape index (κ2) is 5.42. The second-order valence-electron chi connectivity index (χ2n) is 2.96. The Morgan fingerprint density at radius 2 is 2.24 bits per heavy atom. The highest BCUT2D eigenvalue weighted by Crippen LogP contribution is 2.34. The molecule has 1 heterocycles. The van der Waals surface area contributed by atoms with Crippen molar-refractivity contribution in [1.29, 1.82) is 0 Å². The minimum atomic E-state index is -2.99. The Balaban J connectivity index is 3.32. The number of halogens is 2. The molecule has 0 fully saturated rings. The van der Waals surface area contributed by atoms with E-state index in [1.807, 2.05) is 0 Å². The third-order valence-corrected chi connectivity index (χ3v) is 1.95. The van der Waals surface area contributed by atoms with E-state index in [1.54, 1.807) is 6.92 Å². The van der Waals surface area contributed by atoms with Crippen LogP contribution in [0.25, 0.3) is 0 Å². The Bertz CT molecular complexity index is 423. The molecular formula is C10H11F2NO4. The molecule has 0 aliphatic rings. The topological polar surface area (TPSA) is 68.7 Å². The number of esters is 1. The van der Waals surface area contributed by atoms with E-state index in [1.165, 1.54) is 7.11 Å². The van der Waals surface area contributed by atoms with Crippen LogP contribution in [0.1, 0.15) is 29.4 Å². The second-order valence-corrected chi connectivity index (χ2v) is 2.96. The molecule has 0 bridgehead atoms. The summed E-state index contributed by atoms with van der Waals surface area (Å²) in [5.74, 6) is -1.98. The van der Waals surface area contributed by atoms with Gasteiger partial charge in [-0.25, -0.2) is 18.6 Å². The molecule has 0 spiro atoms. The van der Waals surface area contributed by atoms with E-state index in [9.17, 15) is 18.7 Å². The summed E-state index contributed by atoms with van der Waals surface area (Å²) in [5, 5.41) is 9.54. The lowest BCUT2D eigenvalue weighted by molar-refractivity contribution is 0.0517. The fourth-order valence-corrected chi connectivity index (χ4v) is 1.21. The summed E-state index contributed by atoms with van der Waals surface area (Å²) in [5.41, 5.74) is -1.33. The lowest BCUT2D eigenvalue weighted by Gasteiger charge is -2.11. The van der Waals surface area contributed by atoms with Crippen molar-refractivity contribution in [3.63, 3.8) is 0 Å². The fraction of sp³-hybridized carbons (Fsp3) is 0.400. The number of pyridine rings is 1. The van der Waals surface area contributed by atoms with Gasteiger partial charge in [0.15, 0.2) is 11.5 Å². The van der Waals surface area contributed by atoms with Gasteiger partial charge in [-0.3, -0.25) is 0 Å². The molecule has 0 saturated carbocycles. The molecule has 0 aliphatic carbocycles. The minimum Gasteiger partial charge on any atom is -0.505 e. The van der Waals surface area contributed by atoms with Gasteiger partial charge in [-0.05, 0) is 6.92 Å². The molecule has 94 valence electrons. The highest BCUT2D eigenvalue weighted by atomic mass is 19.3. The van der Waals surface area contributed by atoms with Crippen LogP contribution in [0.5, 0.6) is 11.5 Å². The number of methoxy groups -OCH3 is 1. The van der Waals surface area contributed by atoms with Crippen molar-refractivity contribution in [2.45, 2.75) is 13.3 Å². The third-order valence-electron chi connectivity index (χ3n) is 1.95. The SMILES string of the molecule is CCOC(=O)c1c(OC)cnc(C(F)F)c1O. The highest BCUT2D eigenvalue weighted by molar-refractivity contribution is 5.95. The monoisotopic (exact) mass is 247 g/mol. The first-order valence-corrected chi connectivity index (χ1v) is 4.74. The van der Waals surface area contributed by atoms with E-state index >= 15 is 0 Å². The van der Waals surface area contributed by atoms with Gasteiger partial charge in [-0.15, -0.1) is 0 Å². The first-order chi connectivity index (χ1) is 8.02. The van der Waals surface area contributed by atoms with Crippen molar-refractivity contribution in [3.8, 4) is 11.5 Å². The molecule has 7 heteroatoms. The number of carbonyl (C=O) groups is 1. The number of nitrogens with zero attached hydrogens (tertiary/aromatic N) is 1.